The van der Waals surface area contributed by atoms with Crippen LogP contribution in [0.1, 0.15) is 65.2 Å². The molecular weight excluding hydrogens is 368 g/mol. The number of benzene rings is 1. The smallest absolute Gasteiger partial charge is 0.0928 e. The molecule has 0 saturated heterocycles. The summed E-state index contributed by atoms with van der Waals surface area (Å²) in [7, 11) is 0. The van der Waals surface area contributed by atoms with Gasteiger partial charge in [0.25, 0.3) is 0 Å². The first-order valence-corrected chi connectivity index (χ1v) is 11.4. The van der Waals surface area contributed by atoms with E-state index < -0.39 is 0 Å². The minimum Gasteiger partial charge on any atom is -0.498 e. The van der Waals surface area contributed by atoms with Crippen molar-refractivity contribution in [1.82, 2.24) is 4.98 Å². The van der Waals surface area contributed by atoms with E-state index in [1.807, 2.05) is 49.5 Å². The Morgan fingerprint density at radius 3 is 2.50 bits per heavy atom. The zero-order valence-electron chi connectivity index (χ0n) is 18.8. The number of fused-ring (bicyclic) bond motifs is 1. The van der Waals surface area contributed by atoms with Gasteiger partial charge in [0.05, 0.1) is 17.9 Å². The molecule has 30 heavy (non-hydrogen) atoms. The van der Waals surface area contributed by atoms with Crippen LogP contribution in [-0.2, 0) is 4.74 Å². The highest BCUT2D eigenvalue weighted by atomic mass is 16.5. The predicted octanol–water partition coefficient (Wildman–Crippen LogP) is 7.82. The van der Waals surface area contributed by atoms with Crippen LogP contribution in [0, 0.1) is 0 Å². The Kier molecular flexibility index (Phi) is 11.4. The van der Waals surface area contributed by atoms with E-state index in [-0.39, 0.29) is 0 Å². The third-order valence-corrected chi connectivity index (χ3v) is 5.25. The Bertz CT molecular complexity index is 817. The summed E-state index contributed by atoms with van der Waals surface area (Å²) in [6.45, 7) is 9.74. The lowest BCUT2D eigenvalue weighted by Gasteiger charge is -2.10. The number of ether oxygens (including phenoxy) is 1. The van der Waals surface area contributed by atoms with Gasteiger partial charge in [-0.3, -0.25) is 4.98 Å². The Morgan fingerprint density at radius 1 is 1.00 bits per heavy atom. The monoisotopic (exact) mass is 406 g/mol. The van der Waals surface area contributed by atoms with Crippen LogP contribution in [0.3, 0.4) is 0 Å². The van der Waals surface area contributed by atoms with Gasteiger partial charge in [0.1, 0.15) is 0 Å². The van der Waals surface area contributed by atoms with E-state index in [9.17, 15) is 0 Å². The minimum absolute atomic E-state index is 0.708. The lowest BCUT2D eigenvalue weighted by Crippen LogP contribution is -2.04. The van der Waals surface area contributed by atoms with Gasteiger partial charge in [-0.05, 0) is 37.1 Å². The molecule has 0 bridgehead atoms. The van der Waals surface area contributed by atoms with Gasteiger partial charge in [0, 0.05) is 23.8 Å². The highest BCUT2D eigenvalue weighted by Gasteiger charge is 2.01. The van der Waals surface area contributed by atoms with Gasteiger partial charge < -0.3 is 10.1 Å². The Balaban J connectivity index is 1.72. The van der Waals surface area contributed by atoms with Crippen LogP contribution >= 0.6 is 0 Å². The summed E-state index contributed by atoms with van der Waals surface area (Å²) in [6.07, 6.45) is 18.4. The van der Waals surface area contributed by atoms with E-state index in [0.29, 0.717) is 6.54 Å². The van der Waals surface area contributed by atoms with Gasteiger partial charge in [0.2, 0.25) is 0 Å². The van der Waals surface area contributed by atoms with Crippen LogP contribution in [0.5, 0.6) is 0 Å². The van der Waals surface area contributed by atoms with Crippen LogP contribution in [0.4, 0.5) is 5.69 Å². The predicted molar refractivity (Wildman–Crippen MR) is 131 cm³/mol. The van der Waals surface area contributed by atoms with E-state index in [4.69, 9.17) is 4.74 Å². The number of hydrogen-bond donors (Lipinski definition) is 1. The van der Waals surface area contributed by atoms with E-state index >= 15 is 0 Å². The zero-order valence-corrected chi connectivity index (χ0v) is 18.8. The molecule has 0 aliphatic heterocycles. The van der Waals surface area contributed by atoms with E-state index in [1.165, 1.54) is 44.9 Å². The minimum atomic E-state index is 0.708. The lowest BCUT2D eigenvalue weighted by molar-refractivity contribution is 0.207. The van der Waals surface area contributed by atoms with E-state index in [0.717, 1.165) is 41.0 Å². The number of allylic oxidation sites excluding steroid dienone is 3. The van der Waals surface area contributed by atoms with Crippen LogP contribution in [0.2, 0.25) is 0 Å². The van der Waals surface area contributed by atoms with Gasteiger partial charge in [0.15, 0.2) is 0 Å². The molecule has 1 aromatic heterocycles. The maximum Gasteiger partial charge on any atom is 0.0928 e. The second-order valence-electron chi connectivity index (χ2n) is 7.78. The normalized spacial score (nSPS) is 12.2. The Hall–Kier alpha value is -2.55. The van der Waals surface area contributed by atoms with Crippen LogP contribution in [0.25, 0.3) is 10.9 Å². The summed E-state index contributed by atoms with van der Waals surface area (Å²) in [5, 5.41) is 4.63. The fraction of sp³-hybridized carbons (Fsp3) is 0.444. The molecule has 0 atom stereocenters. The summed E-state index contributed by atoms with van der Waals surface area (Å²) in [6, 6.07) is 10.2. The number of anilines is 1. The molecule has 0 radical (unpaired) electrons. The molecule has 1 aromatic carbocycles. The third kappa shape index (κ3) is 8.86. The van der Waals surface area contributed by atoms with Crippen molar-refractivity contribution in [3.63, 3.8) is 0 Å². The van der Waals surface area contributed by atoms with Crippen molar-refractivity contribution < 1.29 is 4.74 Å². The largest absolute Gasteiger partial charge is 0.498 e. The van der Waals surface area contributed by atoms with Crippen molar-refractivity contribution in [2.75, 3.05) is 18.5 Å². The van der Waals surface area contributed by atoms with Gasteiger partial charge in [-0.1, -0.05) is 88.8 Å². The second-order valence-corrected chi connectivity index (χ2v) is 7.78. The molecular formula is C27H38N2O. The molecule has 0 aliphatic carbocycles. The molecule has 2 rings (SSSR count). The topological polar surface area (TPSA) is 34.1 Å². The molecule has 1 N–H and O–H groups in total. The van der Waals surface area contributed by atoms with Crippen molar-refractivity contribution >= 4 is 16.6 Å². The number of nitrogens with zero attached hydrogens (tertiary/aromatic N) is 1. The SMILES string of the molecule is C=C/C(=C\C=C(/C)OCCCCCCCCCC)CNc1ccnc2ccccc12. The first kappa shape index (κ1) is 23.7. The summed E-state index contributed by atoms with van der Waals surface area (Å²) in [5.74, 6) is 0.951. The zero-order chi connectivity index (χ0) is 21.4. The number of para-hydroxylation sites is 1. The molecule has 162 valence electrons. The van der Waals surface area contributed by atoms with E-state index in [2.05, 4.69) is 35.9 Å². The van der Waals surface area contributed by atoms with Gasteiger partial charge in [-0.25, -0.2) is 0 Å². The quantitative estimate of drug-likeness (QED) is 0.186. The van der Waals surface area contributed by atoms with Crippen molar-refractivity contribution in [2.24, 2.45) is 0 Å². The fourth-order valence-corrected chi connectivity index (χ4v) is 3.39. The van der Waals surface area contributed by atoms with Gasteiger partial charge >= 0.3 is 0 Å². The molecule has 3 heteroatoms. The van der Waals surface area contributed by atoms with Crippen molar-refractivity contribution in [1.29, 1.82) is 0 Å². The van der Waals surface area contributed by atoms with Crippen molar-refractivity contribution in [3.8, 4) is 0 Å². The Labute approximate surface area is 182 Å². The number of aromatic nitrogens is 1. The highest BCUT2D eigenvalue weighted by molar-refractivity contribution is 5.90. The number of pyridine rings is 1. The molecule has 0 saturated carbocycles. The van der Waals surface area contributed by atoms with Crippen LogP contribution in [0.15, 0.2) is 72.7 Å². The van der Waals surface area contributed by atoms with Crippen LogP contribution in [-0.4, -0.2) is 18.1 Å². The number of nitrogens with one attached hydrogen (secondary N) is 1. The standard InChI is InChI=1S/C27H38N2O/c1-4-6-7-8-9-10-11-14-21-30-23(3)17-18-24(5-2)22-29-27-19-20-28-26-16-13-12-15-25(26)27/h5,12-13,15-20H,2,4,6-11,14,21-22H2,1,3H3,(H,28,29)/b23-17+,24-18+. The molecule has 3 nitrogen and oxygen atoms in total. The Morgan fingerprint density at radius 2 is 1.73 bits per heavy atom. The average Bonchev–Trinajstić information content (AvgIpc) is 2.78. The first-order chi connectivity index (χ1) is 14.7. The van der Waals surface area contributed by atoms with Crippen LogP contribution < -0.4 is 5.32 Å². The molecule has 1 heterocycles. The van der Waals surface area contributed by atoms with Crippen molar-refractivity contribution in [3.05, 3.63) is 72.7 Å². The van der Waals surface area contributed by atoms with E-state index in [1.54, 1.807) is 0 Å². The summed E-state index contributed by atoms with van der Waals surface area (Å²) in [4.78, 5) is 4.41. The molecule has 0 amide bonds. The summed E-state index contributed by atoms with van der Waals surface area (Å²) >= 11 is 0. The van der Waals surface area contributed by atoms with Crippen molar-refractivity contribution in [2.45, 2.75) is 65.2 Å². The third-order valence-electron chi connectivity index (χ3n) is 5.25. The molecule has 0 fully saturated rings. The average molecular weight is 407 g/mol. The summed E-state index contributed by atoms with van der Waals surface area (Å²) in [5.41, 5.74) is 3.20. The maximum absolute atomic E-state index is 5.86. The maximum atomic E-state index is 5.86. The van der Waals surface area contributed by atoms with Gasteiger partial charge in [-0.15, -0.1) is 0 Å². The fourth-order valence-electron chi connectivity index (χ4n) is 3.39. The number of rotatable bonds is 15. The lowest BCUT2D eigenvalue weighted by atomic mass is 10.1. The molecule has 2 aromatic rings. The molecule has 0 unspecified atom stereocenters. The second kappa shape index (κ2) is 14.4. The number of unbranched alkanes of at least 4 members (excludes halogenated alkanes) is 7. The number of hydrogen-bond acceptors (Lipinski definition) is 3. The highest BCUT2D eigenvalue weighted by Crippen LogP contribution is 2.21. The van der Waals surface area contributed by atoms with Gasteiger partial charge in [-0.2, -0.15) is 0 Å². The summed E-state index contributed by atoms with van der Waals surface area (Å²) < 4.78 is 5.86. The molecule has 0 spiro atoms. The first-order valence-electron chi connectivity index (χ1n) is 11.4. The molecule has 0 aliphatic rings.